The molecule has 0 N–H and O–H groups in total. The van der Waals surface area contributed by atoms with Crippen molar-refractivity contribution >= 4 is 17.7 Å². The zero-order chi connectivity index (χ0) is 20.3. The molecule has 0 radical (unpaired) electrons. The summed E-state index contributed by atoms with van der Waals surface area (Å²) in [6.45, 7) is 0. The highest BCUT2D eigenvalue weighted by Gasteiger charge is 2.43. The van der Waals surface area contributed by atoms with Crippen molar-refractivity contribution in [3.05, 3.63) is 107 Å². The Balaban J connectivity index is 1.58. The summed E-state index contributed by atoms with van der Waals surface area (Å²) in [7, 11) is 0. The van der Waals surface area contributed by atoms with Crippen LogP contribution in [0, 0.1) is 5.92 Å². The molecule has 0 bridgehead atoms. The van der Waals surface area contributed by atoms with E-state index in [0.29, 0.717) is 5.56 Å². The number of hydrogen-bond donors (Lipinski definition) is 0. The summed E-state index contributed by atoms with van der Waals surface area (Å²) in [6, 6.07) is 24.1. The Labute approximate surface area is 176 Å². The van der Waals surface area contributed by atoms with Crippen LogP contribution in [0.3, 0.4) is 0 Å². The van der Waals surface area contributed by atoms with Gasteiger partial charge in [-0.25, -0.2) is 5.01 Å². The van der Waals surface area contributed by atoms with Gasteiger partial charge in [-0.15, -0.1) is 0 Å². The van der Waals surface area contributed by atoms with E-state index >= 15 is 0 Å². The molecule has 3 aromatic rings. The fourth-order valence-electron chi connectivity index (χ4n) is 4.52. The standard InChI is InChI=1S/C26H23N3O/c30-26(22-14-8-16-27-18-22)29-25(20-11-5-2-6-12-20)23-15-7-13-21(24(23)28-29)17-19-9-3-1-4-10-19/h1-6,8-12,14,16-18,23,25H,7,13,15H2/b21-17+. The molecular formula is C26H23N3O. The molecule has 4 heteroatoms. The molecule has 0 spiro atoms. The summed E-state index contributed by atoms with van der Waals surface area (Å²) >= 11 is 0. The second kappa shape index (κ2) is 8.07. The number of benzene rings is 2. The second-order valence-electron chi connectivity index (χ2n) is 7.81. The molecule has 148 valence electrons. The van der Waals surface area contributed by atoms with Crippen molar-refractivity contribution in [2.75, 3.05) is 0 Å². The van der Waals surface area contributed by atoms with E-state index in [1.54, 1.807) is 29.5 Å². The van der Waals surface area contributed by atoms with Crippen LogP contribution in [0.4, 0.5) is 0 Å². The van der Waals surface area contributed by atoms with E-state index in [9.17, 15) is 4.79 Å². The molecule has 2 atom stereocenters. The maximum Gasteiger partial charge on any atom is 0.276 e. The van der Waals surface area contributed by atoms with Crippen molar-refractivity contribution < 1.29 is 4.79 Å². The molecule has 2 aromatic carbocycles. The Morgan fingerprint density at radius 3 is 2.47 bits per heavy atom. The summed E-state index contributed by atoms with van der Waals surface area (Å²) in [5.41, 5.74) is 5.15. The second-order valence-corrected chi connectivity index (χ2v) is 7.81. The fraction of sp³-hybridized carbons (Fsp3) is 0.192. The van der Waals surface area contributed by atoms with Crippen molar-refractivity contribution in [2.24, 2.45) is 11.0 Å². The van der Waals surface area contributed by atoms with Crippen molar-refractivity contribution in [3.63, 3.8) is 0 Å². The zero-order valence-electron chi connectivity index (χ0n) is 16.7. The quantitative estimate of drug-likeness (QED) is 0.588. The van der Waals surface area contributed by atoms with E-state index in [0.717, 1.165) is 30.5 Å². The van der Waals surface area contributed by atoms with Crippen molar-refractivity contribution in [2.45, 2.75) is 25.3 Å². The van der Waals surface area contributed by atoms with Crippen molar-refractivity contribution in [1.29, 1.82) is 0 Å². The fourth-order valence-corrected chi connectivity index (χ4v) is 4.52. The largest absolute Gasteiger partial charge is 0.276 e. The van der Waals surface area contributed by atoms with Crippen LogP contribution in [-0.4, -0.2) is 21.6 Å². The number of nitrogens with zero attached hydrogens (tertiary/aromatic N) is 3. The number of aromatic nitrogens is 1. The molecule has 1 amide bonds. The first-order valence-electron chi connectivity index (χ1n) is 10.4. The number of carbonyl (C=O) groups excluding carboxylic acids is 1. The third kappa shape index (κ3) is 3.45. The first kappa shape index (κ1) is 18.5. The van der Waals surface area contributed by atoms with Crippen LogP contribution in [0.25, 0.3) is 6.08 Å². The lowest BCUT2D eigenvalue weighted by Gasteiger charge is -2.29. The Morgan fingerprint density at radius 2 is 1.73 bits per heavy atom. The number of fused-ring (bicyclic) bond motifs is 1. The molecule has 5 rings (SSSR count). The average Bonchev–Trinajstić information content (AvgIpc) is 3.21. The molecule has 1 saturated carbocycles. The summed E-state index contributed by atoms with van der Waals surface area (Å²) in [4.78, 5) is 17.5. The average molecular weight is 393 g/mol. The molecule has 30 heavy (non-hydrogen) atoms. The molecule has 2 unspecified atom stereocenters. The van der Waals surface area contributed by atoms with Crippen LogP contribution in [0.2, 0.25) is 0 Å². The van der Waals surface area contributed by atoms with Crippen LogP contribution < -0.4 is 0 Å². The molecule has 1 aromatic heterocycles. The predicted molar refractivity (Wildman–Crippen MR) is 119 cm³/mol. The smallest absolute Gasteiger partial charge is 0.267 e. The summed E-state index contributed by atoms with van der Waals surface area (Å²) < 4.78 is 0. The molecule has 2 heterocycles. The molecule has 2 aliphatic rings. The van der Waals surface area contributed by atoms with Gasteiger partial charge in [-0.05, 0) is 54.2 Å². The minimum Gasteiger partial charge on any atom is -0.267 e. The SMILES string of the molecule is O=C(c1cccnc1)N1N=C2/C(=C/c3ccccc3)CCCC2C1c1ccccc1. The number of allylic oxidation sites excluding steroid dienone is 1. The van der Waals surface area contributed by atoms with Crippen molar-refractivity contribution in [1.82, 2.24) is 9.99 Å². The molecular weight excluding hydrogens is 370 g/mol. The van der Waals surface area contributed by atoms with Gasteiger partial charge >= 0.3 is 0 Å². The Bertz CT molecular complexity index is 1090. The van der Waals surface area contributed by atoms with Gasteiger partial charge in [0, 0.05) is 18.3 Å². The summed E-state index contributed by atoms with van der Waals surface area (Å²) in [5, 5.41) is 6.62. The molecule has 1 aliphatic heterocycles. The Hall–Kier alpha value is -3.53. The van der Waals surface area contributed by atoms with Gasteiger partial charge in [-0.2, -0.15) is 5.10 Å². The van der Waals surface area contributed by atoms with E-state index < -0.39 is 0 Å². The highest BCUT2D eigenvalue weighted by molar-refractivity contribution is 6.09. The molecule has 1 aliphatic carbocycles. The van der Waals surface area contributed by atoms with Gasteiger partial charge in [-0.1, -0.05) is 60.7 Å². The first-order valence-corrected chi connectivity index (χ1v) is 10.4. The molecule has 4 nitrogen and oxygen atoms in total. The summed E-state index contributed by atoms with van der Waals surface area (Å²) in [5.74, 6) is 0.106. The zero-order valence-corrected chi connectivity index (χ0v) is 16.7. The maximum atomic E-state index is 13.4. The van der Waals surface area contributed by atoms with Gasteiger partial charge in [-0.3, -0.25) is 9.78 Å². The summed E-state index contributed by atoms with van der Waals surface area (Å²) in [6.07, 6.45) is 8.64. The minimum atomic E-state index is -0.0992. The highest BCUT2D eigenvalue weighted by atomic mass is 16.2. The number of rotatable bonds is 3. The van der Waals surface area contributed by atoms with Gasteiger partial charge in [0.15, 0.2) is 0 Å². The van der Waals surface area contributed by atoms with Crippen LogP contribution >= 0.6 is 0 Å². The molecule has 1 fully saturated rings. The predicted octanol–water partition coefficient (Wildman–Crippen LogP) is 5.52. The van der Waals surface area contributed by atoms with Gasteiger partial charge in [0.2, 0.25) is 0 Å². The number of amides is 1. The van der Waals surface area contributed by atoms with Gasteiger partial charge < -0.3 is 0 Å². The lowest BCUT2D eigenvalue weighted by atomic mass is 9.77. The number of hydrazone groups is 1. The van der Waals surface area contributed by atoms with Gasteiger partial charge in [0.1, 0.15) is 0 Å². The monoisotopic (exact) mass is 393 g/mol. The van der Waals surface area contributed by atoms with E-state index in [4.69, 9.17) is 5.10 Å². The van der Waals surface area contributed by atoms with E-state index in [1.807, 2.05) is 36.4 Å². The molecule has 0 saturated heterocycles. The van der Waals surface area contributed by atoms with E-state index in [2.05, 4.69) is 35.3 Å². The third-order valence-electron chi connectivity index (χ3n) is 5.90. The third-order valence-corrected chi connectivity index (χ3v) is 5.90. The maximum absolute atomic E-state index is 13.4. The Kier molecular flexibility index (Phi) is 4.98. The topological polar surface area (TPSA) is 45.6 Å². The number of pyridine rings is 1. The number of carbonyl (C=O) groups is 1. The van der Waals surface area contributed by atoms with E-state index in [-0.39, 0.29) is 17.9 Å². The van der Waals surface area contributed by atoms with Gasteiger partial charge in [0.25, 0.3) is 5.91 Å². The van der Waals surface area contributed by atoms with Crippen molar-refractivity contribution in [3.8, 4) is 0 Å². The lowest BCUT2D eigenvalue weighted by molar-refractivity contribution is 0.0680. The van der Waals surface area contributed by atoms with Crippen LogP contribution in [-0.2, 0) is 0 Å². The first-order chi connectivity index (χ1) is 14.8. The van der Waals surface area contributed by atoms with Crippen LogP contribution in [0.5, 0.6) is 0 Å². The normalized spacial score (nSPS) is 21.9. The van der Waals surface area contributed by atoms with Crippen LogP contribution in [0.1, 0.15) is 46.8 Å². The van der Waals surface area contributed by atoms with Crippen LogP contribution in [0.15, 0.2) is 95.9 Å². The van der Waals surface area contributed by atoms with E-state index in [1.165, 1.54) is 11.1 Å². The van der Waals surface area contributed by atoms with Gasteiger partial charge in [0.05, 0.1) is 17.3 Å². The number of hydrogen-bond acceptors (Lipinski definition) is 3. The Morgan fingerprint density at radius 1 is 0.967 bits per heavy atom. The minimum absolute atomic E-state index is 0.0895. The lowest BCUT2D eigenvalue weighted by Crippen LogP contribution is -2.31. The highest BCUT2D eigenvalue weighted by Crippen LogP contribution is 2.44.